The molecule has 0 aliphatic heterocycles. The number of hydrogen-bond donors (Lipinski definition) is 1. The number of aromatic nitrogens is 1. The van der Waals surface area contributed by atoms with Crippen molar-refractivity contribution >= 4 is 11.3 Å². The topological polar surface area (TPSA) is 46.3 Å². The summed E-state index contributed by atoms with van der Waals surface area (Å²) in [6.45, 7) is 1.88. The fraction of sp³-hybridized carbons (Fsp3) is 0.222. The molecule has 0 fully saturated rings. The zero-order valence-electron chi connectivity index (χ0n) is 7.15. The van der Waals surface area contributed by atoms with Crippen molar-refractivity contribution in [2.24, 2.45) is 0 Å². The fourth-order valence-electron chi connectivity index (χ4n) is 1.04. The smallest absolute Gasteiger partial charge is 0.163 e. The van der Waals surface area contributed by atoms with E-state index >= 15 is 0 Å². The molecule has 1 N–H and O–H groups in total. The number of furan rings is 1. The van der Waals surface area contributed by atoms with Gasteiger partial charge >= 0.3 is 0 Å². The van der Waals surface area contributed by atoms with Crippen LogP contribution in [-0.4, -0.2) is 10.1 Å². The molecule has 0 aliphatic rings. The predicted molar refractivity (Wildman–Crippen MR) is 50.5 cm³/mol. The predicted octanol–water partition coefficient (Wildman–Crippen LogP) is 2.20. The SMILES string of the molecule is Cc1csc(-c2ccc(CO)o2)n1. The van der Waals surface area contributed by atoms with Crippen LogP contribution in [0.3, 0.4) is 0 Å². The Labute approximate surface area is 79.7 Å². The van der Waals surface area contributed by atoms with Crippen LogP contribution in [0.15, 0.2) is 21.9 Å². The number of aliphatic hydroxyl groups is 1. The molecule has 0 aliphatic carbocycles. The van der Waals surface area contributed by atoms with Crippen LogP contribution >= 0.6 is 11.3 Å². The van der Waals surface area contributed by atoms with Crippen molar-refractivity contribution in [3.05, 3.63) is 29.0 Å². The van der Waals surface area contributed by atoms with Crippen LogP contribution in [0.25, 0.3) is 10.8 Å². The lowest BCUT2D eigenvalue weighted by Crippen LogP contribution is -1.75. The Morgan fingerprint density at radius 2 is 2.38 bits per heavy atom. The highest BCUT2D eigenvalue weighted by Crippen LogP contribution is 2.25. The van der Waals surface area contributed by atoms with E-state index in [1.165, 1.54) is 11.3 Å². The normalized spacial score (nSPS) is 10.6. The number of aryl methyl sites for hydroxylation is 1. The molecule has 68 valence electrons. The third-order valence-corrected chi connectivity index (χ3v) is 2.62. The molecule has 13 heavy (non-hydrogen) atoms. The van der Waals surface area contributed by atoms with Gasteiger partial charge < -0.3 is 9.52 Å². The van der Waals surface area contributed by atoms with Gasteiger partial charge in [0.2, 0.25) is 0 Å². The second-order valence-electron chi connectivity index (χ2n) is 2.72. The standard InChI is InChI=1S/C9H9NO2S/c1-6-5-13-9(10-6)8-3-2-7(4-11)12-8/h2-3,5,11H,4H2,1H3. The van der Waals surface area contributed by atoms with Gasteiger partial charge in [-0.05, 0) is 19.1 Å². The zero-order valence-corrected chi connectivity index (χ0v) is 7.97. The van der Waals surface area contributed by atoms with E-state index in [4.69, 9.17) is 9.52 Å². The number of thiazole rings is 1. The first-order valence-electron chi connectivity index (χ1n) is 3.91. The Morgan fingerprint density at radius 3 is 2.92 bits per heavy atom. The Morgan fingerprint density at radius 1 is 1.54 bits per heavy atom. The molecule has 0 unspecified atom stereocenters. The minimum Gasteiger partial charge on any atom is -0.456 e. The molecule has 0 aromatic carbocycles. The maximum absolute atomic E-state index is 8.79. The van der Waals surface area contributed by atoms with E-state index in [0.29, 0.717) is 5.76 Å². The monoisotopic (exact) mass is 195 g/mol. The van der Waals surface area contributed by atoms with Crippen molar-refractivity contribution in [1.29, 1.82) is 0 Å². The van der Waals surface area contributed by atoms with Gasteiger partial charge in [-0.15, -0.1) is 11.3 Å². The average molecular weight is 195 g/mol. The summed E-state index contributed by atoms with van der Waals surface area (Å²) in [6.07, 6.45) is 0. The van der Waals surface area contributed by atoms with E-state index in [1.807, 2.05) is 18.4 Å². The van der Waals surface area contributed by atoms with Gasteiger partial charge in [-0.2, -0.15) is 0 Å². The summed E-state index contributed by atoms with van der Waals surface area (Å²) < 4.78 is 5.33. The largest absolute Gasteiger partial charge is 0.456 e. The van der Waals surface area contributed by atoms with Crippen molar-refractivity contribution in [3.8, 4) is 10.8 Å². The first kappa shape index (κ1) is 8.47. The van der Waals surface area contributed by atoms with Crippen LogP contribution in [0.4, 0.5) is 0 Å². The number of hydrogen-bond acceptors (Lipinski definition) is 4. The minimum absolute atomic E-state index is 0.0651. The minimum atomic E-state index is -0.0651. The molecule has 3 nitrogen and oxygen atoms in total. The molecule has 2 aromatic rings. The van der Waals surface area contributed by atoms with E-state index in [2.05, 4.69) is 4.98 Å². The highest BCUT2D eigenvalue weighted by atomic mass is 32.1. The van der Waals surface area contributed by atoms with Gasteiger partial charge in [0.25, 0.3) is 0 Å². The van der Waals surface area contributed by atoms with Gasteiger partial charge in [-0.25, -0.2) is 4.98 Å². The fourth-order valence-corrected chi connectivity index (χ4v) is 1.80. The van der Waals surface area contributed by atoms with Crippen molar-refractivity contribution in [1.82, 2.24) is 4.98 Å². The molecule has 0 radical (unpaired) electrons. The molecule has 2 rings (SSSR count). The van der Waals surface area contributed by atoms with Crippen LogP contribution in [0.2, 0.25) is 0 Å². The second-order valence-corrected chi connectivity index (χ2v) is 3.58. The average Bonchev–Trinajstić information content (AvgIpc) is 2.71. The lowest BCUT2D eigenvalue weighted by atomic mass is 10.4. The Kier molecular flexibility index (Phi) is 2.16. The van der Waals surface area contributed by atoms with Crippen LogP contribution in [0, 0.1) is 6.92 Å². The highest BCUT2D eigenvalue weighted by Gasteiger charge is 2.06. The summed E-state index contributed by atoms with van der Waals surface area (Å²) >= 11 is 1.54. The molecule has 0 bridgehead atoms. The molecular formula is C9H9NO2S. The molecule has 0 saturated carbocycles. The van der Waals surface area contributed by atoms with Crippen molar-refractivity contribution in [2.75, 3.05) is 0 Å². The van der Waals surface area contributed by atoms with Crippen LogP contribution < -0.4 is 0 Å². The Bertz CT molecular complexity index is 405. The maximum atomic E-state index is 8.79. The molecule has 0 atom stereocenters. The first-order chi connectivity index (χ1) is 6.29. The molecule has 2 aromatic heterocycles. The molecular weight excluding hydrogens is 186 g/mol. The number of nitrogens with zero attached hydrogens (tertiary/aromatic N) is 1. The van der Waals surface area contributed by atoms with Gasteiger partial charge in [0.1, 0.15) is 12.4 Å². The molecule has 2 heterocycles. The van der Waals surface area contributed by atoms with E-state index < -0.39 is 0 Å². The Balaban J connectivity index is 2.35. The third-order valence-electron chi connectivity index (χ3n) is 1.65. The van der Waals surface area contributed by atoms with Gasteiger partial charge in [0, 0.05) is 11.1 Å². The van der Waals surface area contributed by atoms with E-state index in [0.717, 1.165) is 16.5 Å². The van der Waals surface area contributed by atoms with E-state index in [9.17, 15) is 0 Å². The van der Waals surface area contributed by atoms with Crippen LogP contribution in [0.1, 0.15) is 11.5 Å². The Hall–Kier alpha value is -1.13. The molecule has 4 heteroatoms. The van der Waals surface area contributed by atoms with Gasteiger partial charge in [-0.3, -0.25) is 0 Å². The van der Waals surface area contributed by atoms with E-state index in [1.54, 1.807) is 6.07 Å². The summed E-state index contributed by atoms with van der Waals surface area (Å²) in [5.41, 5.74) is 0.988. The number of aliphatic hydroxyl groups excluding tert-OH is 1. The zero-order chi connectivity index (χ0) is 9.26. The summed E-state index contributed by atoms with van der Waals surface area (Å²) in [5.74, 6) is 1.30. The maximum Gasteiger partial charge on any atom is 0.163 e. The summed E-state index contributed by atoms with van der Waals surface area (Å²) in [5, 5.41) is 11.6. The molecule has 0 spiro atoms. The van der Waals surface area contributed by atoms with E-state index in [-0.39, 0.29) is 6.61 Å². The van der Waals surface area contributed by atoms with Gasteiger partial charge in [-0.1, -0.05) is 0 Å². The molecule has 0 amide bonds. The van der Waals surface area contributed by atoms with Crippen molar-refractivity contribution < 1.29 is 9.52 Å². The van der Waals surface area contributed by atoms with Crippen molar-refractivity contribution in [2.45, 2.75) is 13.5 Å². The van der Waals surface area contributed by atoms with Crippen molar-refractivity contribution in [3.63, 3.8) is 0 Å². The summed E-state index contributed by atoms with van der Waals surface area (Å²) in [4.78, 5) is 4.27. The molecule has 0 saturated heterocycles. The van der Waals surface area contributed by atoms with Gasteiger partial charge in [0.15, 0.2) is 10.8 Å². The summed E-state index contributed by atoms with van der Waals surface area (Å²) in [6, 6.07) is 3.58. The number of rotatable bonds is 2. The quantitative estimate of drug-likeness (QED) is 0.799. The van der Waals surface area contributed by atoms with Gasteiger partial charge in [0.05, 0.1) is 0 Å². The third kappa shape index (κ3) is 1.64. The second kappa shape index (κ2) is 3.32. The van der Waals surface area contributed by atoms with Crippen LogP contribution in [-0.2, 0) is 6.61 Å². The first-order valence-corrected chi connectivity index (χ1v) is 4.79. The lowest BCUT2D eigenvalue weighted by molar-refractivity contribution is 0.248. The van der Waals surface area contributed by atoms with Crippen LogP contribution in [0.5, 0.6) is 0 Å². The summed E-state index contributed by atoms with van der Waals surface area (Å²) in [7, 11) is 0. The highest BCUT2D eigenvalue weighted by molar-refractivity contribution is 7.13. The lowest BCUT2D eigenvalue weighted by Gasteiger charge is -1.88.